The smallest absolute Gasteiger partial charge is 0.250 e. The Morgan fingerprint density at radius 2 is 1.68 bits per heavy atom. The number of carbonyl (C=O) groups is 1. The summed E-state index contributed by atoms with van der Waals surface area (Å²) in [5.41, 5.74) is 6.46. The molecule has 0 fully saturated rings. The van der Waals surface area contributed by atoms with E-state index >= 15 is 0 Å². The third kappa shape index (κ3) is 4.03. The fourth-order valence-corrected chi connectivity index (χ4v) is 2.25. The maximum Gasteiger partial charge on any atom is 0.250 e. The third-order valence-electron chi connectivity index (χ3n) is 3.33. The number of ether oxygens (including phenoxy) is 3. The van der Waals surface area contributed by atoms with Crippen LogP contribution in [0.1, 0.15) is 10.4 Å². The number of benzene rings is 2. The minimum Gasteiger partial charge on any atom is -0.493 e. The van der Waals surface area contributed by atoms with Crippen LogP contribution in [0.5, 0.6) is 23.0 Å². The van der Waals surface area contributed by atoms with Crippen LogP contribution in [0.3, 0.4) is 0 Å². The number of nitrogens with two attached hydrogens (primary N) is 1. The summed E-state index contributed by atoms with van der Waals surface area (Å²) in [7, 11) is 4.47. The monoisotopic (exact) mass is 350 g/mol. The predicted octanol–water partition coefficient (Wildman–Crippen LogP) is 2.34. The molecule has 2 rings (SSSR count). The van der Waals surface area contributed by atoms with Gasteiger partial charge in [0.05, 0.1) is 32.6 Å². The van der Waals surface area contributed by atoms with Crippen LogP contribution in [-0.4, -0.2) is 32.5 Å². The van der Waals surface area contributed by atoms with E-state index < -0.39 is 5.91 Å². The van der Waals surface area contributed by atoms with E-state index in [1.807, 2.05) is 0 Å². The summed E-state index contributed by atoms with van der Waals surface area (Å²) in [6, 6.07) is 7.58. The quantitative estimate of drug-likeness (QED) is 0.490. The second-order valence-corrected chi connectivity index (χ2v) is 4.77. The van der Waals surface area contributed by atoms with Crippen molar-refractivity contribution in [2.24, 2.45) is 5.73 Å². The molecule has 9 nitrogen and oxygen atoms in total. The Kier molecular flexibility index (Phi) is 5.88. The van der Waals surface area contributed by atoms with E-state index in [4.69, 9.17) is 25.2 Å². The van der Waals surface area contributed by atoms with E-state index in [1.165, 1.54) is 39.5 Å². The van der Waals surface area contributed by atoms with Crippen LogP contribution in [0.2, 0.25) is 0 Å². The molecule has 0 radical (unpaired) electrons. The first kappa shape index (κ1) is 18.2. The van der Waals surface area contributed by atoms with Gasteiger partial charge in [0.1, 0.15) is 0 Å². The zero-order valence-electron chi connectivity index (χ0n) is 13.9. The number of hydrogen-bond donors (Lipinski definition) is 3. The van der Waals surface area contributed by atoms with Crippen molar-refractivity contribution in [3.8, 4) is 23.0 Å². The lowest BCUT2D eigenvalue weighted by Gasteiger charge is -2.16. The van der Waals surface area contributed by atoms with Crippen molar-refractivity contribution in [3.63, 3.8) is 0 Å². The molecule has 9 heteroatoms. The highest BCUT2D eigenvalue weighted by Crippen LogP contribution is 2.41. The molecule has 0 aliphatic carbocycles. The SMILES string of the molecule is COc1cc(Nc2cc(OOO)ccc2C(N)=O)cc(OC)c1OC. The van der Waals surface area contributed by atoms with Gasteiger partial charge in [0.25, 0.3) is 5.91 Å². The van der Waals surface area contributed by atoms with E-state index in [9.17, 15) is 4.79 Å². The van der Waals surface area contributed by atoms with Gasteiger partial charge in [-0.2, -0.15) is 0 Å². The van der Waals surface area contributed by atoms with Crippen molar-refractivity contribution in [1.82, 2.24) is 0 Å². The average Bonchev–Trinajstić information content (AvgIpc) is 2.61. The number of rotatable bonds is 8. The lowest BCUT2D eigenvalue weighted by molar-refractivity contribution is -0.438. The summed E-state index contributed by atoms with van der Waals surface area (Å²) in [6.45, 7) is 0. The summed E-state index contributed by atoms with van der Waals surface area (Å²) in [5.74, 6) is 0.789. The van der Waals surface area contributed by atoms with E-state index in [1.54, 1.807) is 12.1 Å². The first-order chi connectivity index (χ1) is 12.0. The first-order valence-corrected chi connectivity index (χ1v) is 7.03. The van der Waals surface area contributed by atoms with Crippen molar-refractivity contribution in [1.29, 1.82) is 0 Å². The summed E-state index contributed by atoms with van der Waals surface area (Å²) < 4.78 is 15.8. The summed E-state index contributed by atoms with van der Waals surface area (Å²) >= 11 is 0. The maximum absolute atomic E-state index is 11.6. The lowest BCUT2D eigenvalue weighted by Crippen LogP contribution is -2.13. The Labute approximate surface area is 143 Å². The number of amides is 1. The fourth-order valence-electron chi connectivity index (χ4n) is 2.25. The molecule has 0 aromatic heterocycles. The summed E-state index contributed by atoms with van der Waals surface area (Å²) in [5, 5.41) is 15.0. The van der Waals surface area contributed by atoms with Crippen LogP contribution in [0, 0.1) is 0 Å². The zero-order chi connectivity index (χ0) is 18.4. The Morgan fingerprint density at radius 3 is 2.16 bits per heavy atom. The average molecular weight is 350 g/mol. The molecule has 1 amide bonds. The van der Waals surface area contributed by atoms with Crippen LogP contribution >= 0.6 is 0 Å². The standard InChI is InChI=1S/C16H18N2O7/c1-21-13-6-9(7-14(22-2)15(13)23-3)18-12-8-10(24-25-20)4-5-11(12)16(17)19/h4-8,18,20H,1-3H3,(H2,17,19). The van der Waals surface area contributed by atoms with Crippen molar-refractivity contribution in [2.45, 2.75) is 0 Å². The molecular weight excluding hydrogens is 332 g/mol. The molecule has 0 bridgehead atoms. The molecule has 0 saturated heterocycles. The normalized spacial score (nSPS) is 10.1. The Bertz CT molecular complexity index is 739. The highest BCUT2D eigenvalue weighted by molar-refractivity contribution is 5.99. The number of carbonyl (C=O) groups excluding carboxylic acids is 1. The fraction of sp³-hybridized carbons (Fsp3) is 0.188. The van der Waals surface area contributed by atoms with Crippen molar-refractivity contribution >= 4 is 17.3 Å². The number of primary amides is 1. The topological polar surface area (TPSA) is 122 Å². The number of methoxy groups -OCH3 is 3. The van der Waals surface area contributed by atoms with Gasteiger partial charge in [0, 0.05) is 23.9 Å². The van der Waals surface area contributed by atoms with Crippen LogP contribution in [-0.2, 0) is 5.04 Å². The molecule has 2 aromatic rings. The molecule has 0 spiro atoms. The van der Waals surface area contributed by atoms with Gasteiger partial charge < -0.3 is 30.1 Å². The van der Waals surface area contributed by atoms with Crippen molar-refractivity contribution in [2.75, 3.05) is 26.6 Å². The first-order valence-electron chi connectivity index (χ1n) is 7.03. The van der Waals surface area contributed by atoms with E-state index in [2.05, 4.69) is 15.2 Å². The van der Waals surface area contributed by atoms with E-state index in [-0.39, 0.29) is 11.3 Å². The molecule has 0 aliphatic heterocycles. The molecule has 0 atom stereocenters. The van der Waals surface area contributed by atoms with Gasteiger partial charge in [-0.25, -0.2) is 5.26 Å². The number of hydrogen-bond acceptors (Lipinski definition) is 8. The van der Waals surface area contributed by atoms with Crippen LogP contribution in [0.15, 0.2) is 30.3 Å². The number of nitrogens with one attached hydrogen (secondary N) is 1. The van der Waals surface area contributed by atoms with Crippen LogP contribution in [0.4, 0.5) is 11.4 Å². The molecule has 0 unspecified atom stereocenters. The van der Waals surface area contributed by atoms with Crippen LogP contribution in [0.25, 0.3) is 0 Å². The molecule has 134 valence electrons. The maximum atomic E-state index is 11.6. The van der Waals surface area contributed by atoms with Crippen molar-refractivity contribution in [3.05, 3.63) is 35.9 Å². The van der Waals surface area contributed by atoms with Gasteiger partial charge in [-0.3, -0.25) is 4.79 Å². The van der Waals surface area contributed by atoms with E-state index in [0.29, 0.717) is 28.6 Å². The molecular formula is C16H18N2O7. The molecule has 0 heterocycles. The summed E-state index contributed by atoms with van der Waals surface area (Å²) in [4.78, 5) is 16.2. The minimum atomic E-state index is -0.647. The molecule has 0 aliphatic rings. The largest absolute Gasteiger partial charge is 0.493 e. The number of anilines is 2. The molecule has 2 aromatic carbocycles. The molecule has 0 saturated carbocycles. The highest BCUT2D eigenvalue weighted by Gasteiger charge is 2.16. The van der Waals surface area contributed by atoms with Crippen LogP contribution < -0.4 is 30.1 Å². The third-order valence-corrected chi connectivity index (χ3v) is 3.33. The minimum absolute atomic E-state index is 0.155. The Hall–Kier alpha value is -3.17. The van der Waals surface area contributed by atoms with Gasteiger partial charge in [0.2, 0.25) is 5.75 Å². The second kappa shape index (κ2) is 8.08. The van der Waals surface area contributed by atoms with Gasteiger partial charge in [-0.05, 0) is 17.2 Å². The summed E-state index contributed by atoms with van der Waals surface area (Å²) in [6.07, 6.45) is 0. The predicted molar refractivity (Wildman–Crippen MR) is 88.7 cm³/mol. The van der Waals surface area contributed by atoms with Crippen molar-refractivity contribution < 1.29 is 34.2 Å². The second-order valence-electron chi connectivity index (χ2n) is 4.77. The Morgan fingerprint density at radius 1 is 1.04 bits per heavy atom. The van der Waals surface area contributed by atoms with Gasteiger partial charge in [-0.1, -0.05) is 0 Å². The highest BCUT2D eigenvalue weighted by atomic mass is 17.5. The van der Waals surface area contributed by atoms with E-state index in [0.717, 1.165) is 0 Å². The Balaban J connectivity index is 2.47. The molecule has 4 N–H and O–H groups in total. The van der Waals surface area contributed by atoms with Gasteiger partial charge >= 0.3 is 0 Å². The van der Waals surface area contributed by atoms with Gasteiger partial charge in [0.15, 0.2) is 17.2 Å². The zero-order valence-corrected chi connectivity index (χ0v) is 13.9. The lowest BCUT2D eigenvalue weighted by atomic mass is 10.1. The molecule has 25 heavy (non-hydrogen) atoms. The van der Waals surface area contributed by atoms with Gasteiger partial charge in [-0.15, -0.1) is 0 Å².